The molecular weight excluding hydrogens is 452 g/mol. The van der Waals surface area contributed by atoms with Crippen molar-refractivity contribution in [2.45, 2.75) is 64.3 Å². The quantitative estimate of drug-likeness (QED) is 0.244. The van der Waals surface area contributed by atoms with Crippen LogP contribution in [-0.2, 0) is 19.6 Å². The Morgan fingerprint density at radius 3 is 2.33 bits per heavy atom. The Kier molecular flexibility index (Phi) is 6.94. The van der Waals surface area contributed by atoms with Crippen LogP contribution in [0.3, 0.4) is 0 Å². The fourth-order valence-corrected chi connectivity index (χ4v) is 5.77. The van der Waals surface area contributed by atoms with Gasteiger partial charge in [-0.3, -0.25) is 15.0 Å². The van der Waals surface area contributed by atoms with E-state index in [4.69, 9.17) is 10.5 Å². The smallest absolute Gasteiger partial charge is 0.311 e. The lowest BCUT2D eigenvalue weighted by atomic mass is 9.90. The zero-order chi connectivity index (χ0) is 25.2. The van der Waals surface area contributed by atoms with E-state index in [1.165, 1.54) is 34.5 Å². The van der Waals surface area contributed by atoms with E-state index in [2.05, 4.69) is 58.9 Å². The van der Waals surface area contributed by atoms with Crippen molar-refractivity contribution in [2.75, 3.05) is 7.11 Å². The Morgan fingerprint density at radius 2 is 1.64 bits per heavy atom. The molecule has 0 unspecified atom stereocenters. The van der Waals surface area contributed by atoms with Crippen molar-refractivity contribution in [1.82, 2.24) is 9.47 Å². The van der Waals surface area contributed by atoms with Crippen LogP contribution in [-0.4, -0.2) is 33.6 Å². The van der Waals surface area contributed by atoms with Crippen LogP contribution in [0.2, 0.25) is 0 Å². The number of hydrogen-bond donors (Lipinski definition) is 1. The van der Waals surface area contributed by atoms with E-state index in [0.29, 0.717) is 12.6 Å². The second kappa shape index (κ2) is 10.3. The molecule has 0 spiro atoms. The minimum absolute atomic E-state index is 0.00871. The largest absolute Gasteiger partial charge is 0.490 e. The summed E-state index contributed by atoms with van der Waals surface area (Å²) in [5.74, 6) is 0.289. The molecule has 36 heavy (non-hydrogen) atoms. The fraction of sp³-hybridized carbons (Fsp3) is 0.379. The first kappa shape index (κ1) is 24.3. The molecule has 0 radical (unpaired) electrons. The average molecular weight is 487 g/mol. The highest BCUT2D eigenvalue weighted by molar-refractivity contribution is 6.08. The van der Waals surface area contributed by atoms with E-state index >= 15 is 0 Å². The summed E-state index contributed by atoms with van der Waals surface area (Å²) in [6, 6.07) is 21.3. The van der Waals surface area contributed by atoms with Crippen molar-refractivity contribution < 1.29 is 9.66 Å². The van der Waals surface area contributed by atoms with Crippen LogP contribution in [0.5, 0.6) is 5.75 Å². The summed E-state index contributed by atoms with van der Waals surface area (Å²) in [6.45, 7) is 4.53. The van der Waals surface area contributed by atoms with E-state index in [9.17, 15) is 10.1 Å². The van der Waals surface area contributed by atoms with Crippen LogP contribution in [0.15, 0.2) is 60.7 Å². The lowest BCUT2D eigenvalue weighted by Crippen LogP contribution is -2.40. The van der Waals surface area contributed by atoms with Crippen LogP contribution in [0.4, 0.5) is 5.69 Å². The van der Waals surface area contributed by atoms with Gasteiger partial charge in [-0.15, -0.1) is 0 Å². The van der Waals surface area contributed by atoms with Crippen LogP contribution in [0.25, 0.3) is 21.8 Å². The van der Waals surface area contributed by atoms with Gasteiger partial charge in [0, 0.05) is 59.6 Å². The summed E-state index contributed by atoms with van der Waals surface area (Å²) < 4.78 is 7.57. The molecule has 1 aliphatic rings. The Labute approximate surface area is 211 Å². The second-order valence-electron chi connectivity index (χ2n) is 9.85. The summed E-state index contributed by atoms with van der Waals surface area (Å²) in [6.07, 6.45) is 4.09. The number of para-hydroxylation sites is 1. The molecule has 4 aromatic rings. The highest BCUT2D eigenvalue weighted by Crippen LogP contribution is 2.33. The summed E-state index contributed by atoms with van der Waals surface area (Å²) in [5.41, 5.74) is 10.9. The minimum atomic E-state index is -0.371. The van der Waals surface area contributed by atoms with E-state index in [1.807, 2.05) is 6.07 Å². The van der Waals surface area contributed by atoms with E-state index in [0.717, 1.165) is 44.3 Å². The average Bonchev–Trinajstić information content (AvgIpc) is 3.21. The topological polar surface area (TPSA) is 86.6 Å². The maximum Gasteiger partial charge on any atom is 0.311 e. The molecule has 3 aromatic carbocycles. The van der Waals surface area contributed by atoms with Gasteiger partial charge in [-0.1, -0.05) is 30.3 Å². The second-order valence-corrected chi connectivity index (χ2v) is 9.85. The molecule has 0 saturated heterocycles. The molecule has 188 valence electrons. The Balaban J connectivity index is 1.49. The molecule has 1 heterocycles. The molecule has 7 heteroatoms. The van der Waals surface area contributed by atoms with Crippen molar-refractivity contribution in [2.24, 2.45) is 5.73 Å². The standard InChI is InChI=1S/C29H34N4O3/c1-3-32-26-7-5-4-6-24(26)25-16-20(8-14-27(25)32)18-31(23-12-10-22(30)11-13-23)19-21-9-15-29(36-2)28(17-21)33(34)35/h4-9,14-17,22-23H,3,10-13,18-19,30H2,1-2H3. The lowest BCUT2D eigenvalue weighted by Gasteiger charge is -2.36. The molecule has 7 nitrogen and oxygen atoms in total. The molecule has 1 aliphatic carbocycles. The first-order valence-corrected chi connectivity index (χ1v) is 12.8. The van der Waals surface area contributed by atoms with Crippen molar-refractivity contribution in [3.8, 4) is 5.75 Å². The number of nitro benzene ring substituents is 1. The van der Waals surface area contributed by atoms with Gasteiger partial charge < -0.3 is 15.0 Å². The zero-order valence-electron chi connectivity index (χ0n) is 21.0. The first-order chi connectivity index (χ1) is 17.5. The number of aromatic nitrogens is 1. The third kappa shape index (κ3) is 4.68. The van der Waals surface area contributed by atoms with E-state index < -0.39 is 0 Å². The van der Waals surface area contributed by atoms with Gasteiger partial charge in [-0.05, 0) is 68.0 Å². The Morgan fingerprint density at radius 1 is 0.972 bits per heavy atom. The maximum atomic E-state index is 11.6. The number of methoxy groups -OCH3 is 1. The Hall–Kier alpha value is -3.42. The SMILES string of the molecule is CCn1c2ccccc2c2cc(CN(Cc3ccc(OC)c([N+](=O)[O-])c3)C3CCC(N)CC3)ccc21. The van der Waals surface area contributed by atoms with Crippen molar-refractivity contribution in [1.29, 1.82) is 0 Å². The third-order valence-corrected chi connectivity index (χ3v) is 7.62. The van der Waals surface area contributed by atoms with Crippen LogP contribution in [0.1, 0.15) is 43.7 Å². The van der Waals surface area contributed by atoms with Gasteiger partial charge in [-0.2, -0.15) is 0 Å². The predicted octanol–water partition coefficient (Wildman–Crippen LogP) is 6.00. The van der Waals surface area contributed by atoms with E-state index in [1.54, 1.807) is 12.1 Å². The molecule has 0 aliphatic heterocycles. The monoisotopic (exact) mass is 486 g/mol. The molecule has 1 aromatic heterocycles. The number of nitrogens with two attached hydrogens (primary N) is 1. The molecule has 0 atom stereocenters. The summed E-state index contributed by atoms with van der Waals surface area (Å²) in [5, 5.41) is 14.2. The van der Waals surface area contributed by atoms with Gasteiger partial charge in [0.05, 0.1) is 12.0 Å². The Bertz CT molecular complexity index is 1390. The molecule has 0 amide bonds. The zero-order valence-corrected chi connectivity index (χ0v) is 21.0. The van der Waals surface area contributed by atoms with Crippen LogP contribution in [0, 0.1) is 10.1 Å². The van der Waals surface area contributed by atoms with Crippen LogP contribution >= 0.6 is 0 Å². The van der Waals surface area contributed by atoms with Crippen molar-refractivity contribution in [3.05, 3.63) is 81.9 Å². The third-order valence-electron chi connectivity index (χ3n) is 7.62. The highest BCUT2D eigenvalue weighted by atomic mass is 16.6. The molecule has 5 rings (SSSR count). The van der Waals surface area contributed by atoms with Gasteiger partial charge in [-0.25, -0.2) is 0 Å². The van der Waals surface area contributed by atoms with Gasteiger partial charge in [0.15, 0.2) is 5.75 Å². The molecular formula is C29H34N4O3. The number of fused-ring (bicyclic) bond motifs is 3. The van der Waals surface area contributed by atoms with Gasteiger partial charge in [0.2, 0.25) is 0 Å². The van der Waals surface area contributed by atoms with Gasteiger partial charge >= 0.3 is 5.69 Å². The van der Waals surface area contributed by atoms with Gasteiger partial charge in [0.1, 0.15) is 0 Å². The fourth-order valence-electron chi connectivity index (χ4n) is 5.77. The van der Waals surface area contributed by atoms with Crippen molar-refractivity contribution >= 4 is 27.5 Å². The maximum absolute atomic E-state index is 11.6. The number of aryl methyl sites for hydroxylation is 1. The number of hydrogen-bond acceptors (Lipinski definition) is 5. The number of nitro groups is 1. The molecule has 0 bridgehead atoms. The summed E-state index contributed by atoms with van der Waals surface area (Å²) in [4.78, 5) is 13.7. The van der Waals surface area contributed by atoms with Crippen molar-refractivity contribution in [3.63, 3.8) is 0 Å². The lowest BCUT2D eigenvalue weighted by molar-refractivity contribution is -0.385. The first-order valence-electron chi connectivity index (χ1n) is 12.8. The number of ether oxygens (including phenoxy) is 1. The molecule has 1 fully saturated rings. The van der Waals surface area contributed by atoms with E-state index in [-0.39, 0.29) is 22.4 Å². The summed E-state index contributed by atoms with van der Waals surface area (Å²) >= 11 is 0. The number of rotatable bonds is 8. The van der Waals surface area contributed by atoms with Gasteiger partial charge in [0.25, 0.3) is 0 Å². The molecule has 2 N–H and O–H groups in total. The normalized spacial score (nSPS) is 18.2. The summed E-state index contributed by atoms with van der Waals surface area (Å²) in [7, 11) is 1.46. The highest BCUT2D eigenvalue weighted by Gasteiger charge is 2.26. The number of benzene rings is 3. The van der Waals surface area contributed by atoms with Crippen LogP contribution < -0.4 is 10.5 Å². The predicted molar refractivity (Wildman–Crippen MR) is 144 cm³/mol. The minimum Gasteiger partial charge on any atom is -0.490 e. The number of nitrogens with zero attached hydrogens (tertiary/aromatic N) is 3. The molecule has 1 saturated carbocycles.